The van der Waals surface area contributed by atoms with Crippen LogP contribution >= 0.6 is 0 Å². The second-order valence-electron chi connectivity index (χ2n) is 7.88. The number of carbonyl (C=O) groups is 2. The average molecular weight is 448 g/mol. The molecule has 1 aliphatic heterocycles. The summed E-state index contributed by atoms with van der Waals surface area (Å²) in [6.07, 6.45) is 3.09. The molecule has 0 aliphatic carbocycles. The molecule has 170 valence electrons. The van der Waals surface area contributed by atoms with E-state index in [0.717, 1.165) is 18.4 Å². The topological polar surface area (TPSA) is 84.4 Å². The molecule has 2 amide bonds. The number of likely N-dealkylation sites (tertiary alicyclic amines) is 1. The van der Waals surface area contributed by atoms with Gasteiger partial charge >= 0.3 is 0 Å². The van der Waals surface area contributed by atoms with Gasteiger partial charge in [-0.25, -0.2) is 14.4 Å². The SMILES string of the molecule is Cc1nc([C@@H]2CCCN2C(=O)COc2ccc(F)cc2)ncc1C(=O)NCc1ccccc1. The number of rotatable bonds is 7. The number of carbonyl (C=O) groups excluding carboxylic acids is 2. The maximum absolute atomic E-state index is 13.0. The Balaban J connectivity index is 1.39. The highest BCUT2D eigenvalue weighted by Crippen LogP contribution is 2.30. The molecule has 0 radical (unpaired) electrons. The summed E-state index contributed by atoms with van der Waals surface area (Å²) in [5.74, 6) is 0.152. The van der Waals surface area contributed by atoms with Gasteiger partial charge in [0.25, 0.3) is 11.8 Å². The predicted octanol–water partition coefficient (Wildman–Crippen LogP) is 3.60. The molecule has 33 heavy (non-hydrogen) atoms. The average Bonchev–Trinajstić information content (AvgIpc) is 3.33. The third-order valence-corrected chi connectivity index (χ3v) is 5.59. The molecule has 8 heteroatoms. The number of aryl methyl sites for hydroxylation is 1. The molecule has 7 nitrogen and oxygen atoms in total. The number of halogens is 1. The second kappa shape index (κ2) is 10.2. The summed E-state index contributed by atoms with van der Waals surface area (Å²) in [5.41, 5.74) is 1.97. The normalized spacial score (nSPS) is 15.3. The fourth-order valence-corrected chi connectivity index (χ4v) is 3.83. The van der Waals surface area contributed by atoms with Gasteiger partial charge in [-0.05, 0) is 49.6 Å². The minimum absolute atomic E-state index is 0.152. The van der Waals surface area contributed by atoms with Crippen LogP contribution in [0.5, 0.6) is 5.75 Å². The number of aromatic nitrogens is 2. The fourth-order valence-electron chi connectivity index (χ4n) is 3.83. The van der Waals surface area contributed by atoms with Crippen LogP contribution in [0.2, 0.25) is 0 Å². The van der Waals surface area contributed by atoms with Gasteiger partial charge in [0.2, 0.25) is 0 Å². The number of ether oxygens (including phenoxy) is 1. The summed E-state index contributed by atoms with van der Waals surface area (Å²) in [6, 6.07) is 14.9. The molecule has 3 aromatic rings. The summed E-state index contributed by atoms with van der Waals surface area (Å²) >= 11 is 0. The number of hydrogen-bond acceptors (Lipinski definition) is 5. The third kappa shape index (κ3) is 5.52. The number of nitrogens with zero attached hydrogens (tertiary/aromatic N) is 3. The van der Waals surface area contributed by atoms with Gasteiger partial charge in [0.05, 0.1) is 17.3 Å². The van der Waals surface area contributed by atoms with E-state index in [1.54, 1.807) is 11.8 Å². The van der Waals surface area contributed by atoms with E-state index in [0.29, 0.717) is 35.9 Å². The maximum Gasteiger partial charge on any atom is 0.261 e. The summed E-state index contributed by atoms with van der Waals surface area (Å²) in [4.78, 5) is 36.0. The first kappa shape index (κ1) is 22.4. The van der Waals surface area contributed by atoms with E-state index in [4.69, 9.17) is 4.74 Å². The minimum Gasteiger partial charge on any atom is -0.484 e. The summed E-state index contributed by atoms with van der Waals surface area (Å²) < 4.78 is 18.5. The van der Waals surface area contributed by atoms with E-state index in [2.05, 4.69) is 15.3 Å². The van der Waals surface area contributed by atoms with Crippen LogP contribution in [0, 0.1) is 12.7 Å². The van der Waals surface area contributed by atoms with Crippen molar-refractivity contribution >= 4 is 11.8 Å². The van der Waals surface area contributed by atoms with Crippen molar-refractivity contribution in [3.8, 4) is 5.75 Å². The monoisotopic (exact) mass is 448 g/mol. The zero-order valence-corrected chi connectivity index (χ0v) is 18.3. The van der Waals surface area contributed by atoms with Crippen molar-refractivity contribution in [2.24, 2.45) is 0 Å². The van der Waals surface area contributed by atoms with Crippen LogP contribution in [0.3, 0.4) is 0 Å². The van der Waals surface area contributed by atoms with Gasteiger partial charge in [-0.1, -0.05) is 30.3 Å². The smallest absolute Gasteiger partial charge is 0.261 e. The van der Waals surface area contributed by atoms with Crippen LogP contribution in [0.1, 0.15) is 46.3 Å². The Kier molecular flexibility index (Phi) is 6.92. The molecule has 4 rings (SSSR count). The van der Waals surface area contributed by atoms with E-state index in [1.807, 2.05) is 30.3 Å². The molecule has 2 aromatic carbocycles. The summed E-state index contributed by atoms with van der Waals surface area (Å²) in [5, 5.41) is 2.88. The van der Waals surface area contributed by atoms with Crippen molar-refractivity contribution in [1.82, 2.24) is 20.2 Å². The molecular weight excluding hydrogens is 423 g/mol. The Hall–Kier alpha value is -3.81. The first-order valence-electron chi connectivity index (χ1n) is 10.8. The van der Waals surface area contributed by atoms with Crippen LogP contribution in [-0.2, 0) is 11.3 Å². The molecule has 2 heterocycles. The highest BCUT2D eigenvalue weighted by atomic mass is 19.1. The van der Waals surface area contributed by atoms with Crippen molar-refractivity contribution < 1.29 is 18.7 Å². The molecule has 1 N–H and O–H groups in total. The van der Waals surface area contributed by atoms with Crippen molar-refractivity contribution in [3.05, 3.63) is 89.3 Å². The van der Waals surface area contributed by atoms with Gasteiger partial charge in [-0.2, -0.15) is 0 Å². The number of amides is 2. The zero-order chi connectivity index (χ0) is 23.2. The van der Waals surface area contributed by atoms with Gasteiger partial charge in [0.1, 0.15) is 11.6 Å². The van der Waals surface area contributed by atoms with Crippen LogP contribution in [0.15, 0.2) is 60.8 Å². The Morgan fingerprint density at radius 2 is 1.91 bits per heavy atom. The first-order valence-corrected chi connectivity index (χ1v) is 10.8. The van der Waals surface area contributed by atoms with Crippen molar-refractivity contribution in [1.29, 1.82) is 0 Å². The highest BCUT2D eigenvalue weighted by molar-refractivity contribution is 5.94. The molecule has 1 aliphatic rings. The van der Waals surface area contributed by atoms with Crippen molar-refractivity contribution in [3.63, 3.8) is 0 Å². The fraction of sp³-hybridized carbons (Fsp3) is 0.280. The Labute approximate surface area is 191 Å². The maximum atomic E-state index is 13.0. The van der Waals surface area contributed by atoms with Gasteiger partial charge in [-0.3, -0.25) is 9.59 Å². The molecule has 0 spiro atoms. The lowest BCUT2D eigenvalue weighted by Crippen LogP contribution is -2.35. The first-order chi connectivity index (χ1) is 16.0. The van der Waals surface area contributed by atoms with Crippen LogP contribution in [0.25, 0.3) is 0 Å². The largest absolute Gasteiger partial charge is 0.484 e. The second-order valence-corrected chi connectivity index (χ2v) is 7.88. The predicted molar refractivity (Wildman–Crippen MR) is 120 cm³/mol. The molecule has 1 atom stereocenters. The van der Waals surface area contributed by atoms with E-state index in [9.17, 15) is 14.0 Å². The van der Waals surface area contributed by atoms with Gasteiger partial charge in [0, 0.05) is 19.3 Å². The summed E-state index contributed by atoms with van der Waals surface area (Å²) in [7, 11) is 0. The Morgan fingerprint density at radius 3 is 2.64 bits per heavy atom. The van der Waals surface area contributed by atoms with Crippen LogP contribution in [-0.4, -0.2) is 39.8 Å². The van der Waals surface area contributed by atoms with E-state index < -0.39 is 0 Å². The number of hydrogen-bond donors (Lipinski definition) is 1. The van der Waals surface area contributed by atoms with E-state index in [-0.39, 0.29) is 30.3 Å². The molecule has 1 fully saturated rings. The third-order valence-electron chi connectivity index (χ3n) is 5.59. The van der Waals surface area contributed by atoms with E-state index >= 15 is 0 Å². The van der Waals surface area contributed by atoms with Crippen molar-refractivity contribution in [2.45, 2.75) is 32.4 Å². The molecule has 0 bridgehead atoms. The highest BCUT2D eigenvalue weighted by Gasteiger charge is 2.32. The van der Waals surface area contributed by atoms with Gasteiger partial charge < -0.3 is 15.0 Å². The summed E-state index contributed by atoms with van der Waals surface area (Å²) in [6.45, 7) is 2.61. The number of benzene rings is 2. The standard InChI is InChI=1S/C25H25FN4O3/c1-17-21(25(32)28-14-18-6-3-2-4-7-18)15-27-24(29-17)22-8-5-13-30(22)23(31)16-33-20-11-9-19(26)10-12-20/h2-4,6-7,9-12,15,22H,5,8,13-14,16H2,1H3,(H,28,32)/t22-/m0/s1. The van der Waals surface area contributed by atoms with Crippen LogP contribution < -0.4 is 10.1 Å². The minimum atomic E-state index is -0.363. The van der Waals surface area contributed by atoms with Gasteiger partial charge in [-0.15, -0.1) is 0 Å². The van der Waals surface area contributed by atoms with E-state index in [1.165, 1.54) is 30.5 Å². The molecule has 1 aromatic heterocycles. The quantitative estimate of drug-likeness (QED) is 0.597. The zero-order valence-electron chi connectivity index (χ0n) is 18.3. The Bertz CT molecular complexity index is 1120. The molecule has 1 saturated heterocycles. The molecule has 0 unspecified atom stereocenters. The Morgan fingerprint density at radius 1 is 1.15 bits per heavy atom. The lowest BCUT2D eigenvalue weighted by Gasteiger charge is -2.24. The van der Waals surface area contributed by atoms with Crippen LogP contribution in [0.4, 0.5) is 4.39 Å². The van der Waals surface area contributed by atoms with Crippen molar-refractivity contribution in [2.75, 3.05) is 13.2 Å². The molecular formula is C25H25FN4O3. The molecule has 0 saturated carbocycles. The van der Waals surface area contributed by atoms with Gasteiger partial charge in [0.15, 0.2) is 12.4 Å². The lowest BCUT2D eigenvalue weighted by molar-refractivity contribution is -0.134. The number of nitrogens with one attached hydrogen (secondary N) is 1. The lowest BCUT2D eigenvalue weighted by atomic mass is 10.1.